The summed E-state index contributed by atoms with van der Waals surface area (Å²) in [6, 6.07) is 5.77. The largest absolute Gasteiger partial charge is 0.493 e. The summed E-state index contributed by atoms with van der Waals surface area (Å²) in [5.41, 5.74) is 0.986. The van der Waals surface area contributed by atoms with Crippen LogP contribution >= 0.6 is 15.9 Å². The van der Waals surface area contributed by atoms with E-state index in [-0.39, 0.29) is 0 Å². The summed E-state index contributed by atoms with van der Waals surface area (Å²) < 4.78 is 6.28. The Morgan fingerprint density at radius 1 is 1.55 bits per heavy atom. The van der Waals surface area contributed by atoms with Gasteiger partial charge in [-0.2, -0.15) is 0 Å². The molecule has 1 nitrogen and oxygen atoms in total. The standard InChI is InChI=1S/C9H10BrO/c1-3-11-9-5-4-7(2)6-8(9)10/h4-6H,2-3H2,1H3. The maximum absolute atomic E-state index is 5.32. The van der Waals surface area contributed by atoms with Crippen LogP contribution in [0.15, 0.2) is 22.7 Å². The van der Waals surface area contributed by atoms with Crippen LogP contribution < -0.4 is 4.74 Å². The van der Waals surface area contributed by atoms with Gasteiger partial charge in [-0.1, -0.05) is 6.07 Å². The molecular weight excluding hydrogens is 204 g/mol. The van der Waals surface area contributed by atoms with E-state index in [9.17, 15) is 0 Å². The quantitative estimate of drug-likeness (QED) is 0.735. The first kappa shape index (κ1) is 8.60. The molecule has 0 fully saturated rings. The number of hydrogen-bond donors (Lipinski definition) is 0. The van der Waals surface area contributed by atoms with Gasteiger partial charge >= 0.3 is 0 Å². The lowest BCUT2D eigenvalue weighted by atomic mass is 10.2. The van der Waals surface area contributed by atoms with E-state index in [0.29, 0.717) is 6.61 Å². The SMILES string of the molecule is [CH2]c1ccc(OCC)c(Br)c1. The summed E-state index contributed by atoms with van der Waals surface area (Å²) in [5.74, 6) is 0.875. The molecule has 0 aliphatic rings. The van der Waals surface area contributed by atoms with Crippen LogP contribution in [0.2, 0.25) is 0 Å². The van der Waals surface area contributed by atoms with E-state index in [1.165, 1.54) is 0 Å². The molecule has 0 amide bonds. The van der Waals surface area contributed by atoms with Gasteiger partial charge in [0.05, 0.1) is 11.1 Å². The average Bonchev–Trinajstić information content (AvgIpc) is 1.95. The van der Waals surface area contributed by atoms with Crippen LogP contribution in [-0.4, -0.2) is 6.61 Å². The maximum atomic E-state index is 5.32. The molecule has 1 radical (unpaired) electrons. The van der Waals surface area contributed by atoms with Crippen molar-refractivity contribution in [2.45, 2.75) is 6.92 Å². The Morgan fingerprint density at radius 3 is 2.82 bits per heavy atom. The number of ether oxygens (including phenoxy) is 1. The summed E-state index contributed by atoms with van der Waals surface area (Å²) in [6.45, 7) is 6.45. The minimum absolute atomic E-state index is 0.690. The molecule has 1 aromatic rings. The van der Waals surface area contributed by atoms with Crippen molar-refractivity contribution in [1.29, 1.82) is 0 Å². The third kappa shape index (κ3) is 2.22. The van der Waals surface area contributed by atoms with Crippen molar-refractivity contribution in [2.75, 3.05) is 6.61 Å². The van der Waals surface area contributed by atoms with E-state index < -0.39 is 0 Å². The normalized spacial score (nSPS) is 9.73. The van der Waals surface area contributed by atoms with E-state index in [2.05, 4.69) is 22.9 Å². The fourth-order valence-corrected chi connectivity index (χ4v) is 1.36. The van der Waals surface area contributed by atoms with E-state index in [1.807, 2.05) is 25.1 Å². The highest BCUT2D eigenvalue weighted by Crippen LogP contribution is 2.25. The Kier molecular flexibility index (Phi) is 2.94. The molecular formula is C9H10BrO. The van der Waals surface area contributed by atoms with Crippen molar-refractivity contribution in [1.82, 2.24) is 0 Å². The Labute approximate surface area is 75.5 Å². The summed E-state index contributed by atoms with van der Waals surface area (Å²) >= 11 is 3.38. The Bertz CT molecular complexity index is 245. The zero-order valence-electron chi connectivity index (χ0n) is 6.43. The van der Waals surface area contributed by atoms with Crippen LogP contribution in [0.3, 0.4) is 0 Å². The van der Waals surface area contributed by atoms with Crippen LogP contribution in [0.25, 0.3) is 0 Å². The van der Waals surface area contributed by atoms with E-state index in [4.69, 9.17) is 4.74 Å². The second-order valence-electron chi connectivity index (χ2n) is 2.20. The molecule has 1 rings (SSSR count). The van der Waals surface area contributed by atoms with Crippen LogP contribution in [0.1, 0.15) is 12.5 Å². The molecule has 0 N–H and O–H groups in total. The van der Waals surface area contributed by atoms with Crippen molar-refractivity contribution in [3.63, 3.8) is 0 Å². The summed E-state index contributed by atoms with van der Waals surface area (Å²) in [7, 11) is 0. The minimum Gasteiger partial charge on any atom is -0.493 e. The van der Waals surface area contributed by atoms with Crippen molar-refractivity contribution >= 4 is 15.9 Å². The first-order chi connectivity index (χ1) is 5.24. The molecule has 0 heterocycles. The van der Waals surface area contributed by atoms with E-state index >= 15 is 0 Å². The highest BCUT2D eigenvalue weighted by molar-refractivity contribution is 9.10. The fraction of sp³-hybridized carbons (Fsp3) is 0.222. The summed E-state index contributed by atoms with van der Waals surface area (Å²) in [5, 5.41) is 0. The zero-order chi connectivity index (χ0) is 8.27. The Hall–Kier alpha value is -0.500. The molecule has 0 saturated carbocycles. The topological polar surface area (TPSA) is 9.23 Å². The van der Waals surface area contributed by atoms with Gasteiger partial charge in [-0.15, -0.1) is 0 Å². The van der Waals surface area contributed by atoms with Crippen LogP contribution in [0, 0.1) is 6.92 Å². The van der Waals surface area contributed by atoms with Gasteiger partial charge in [-0.05, 0) is 47.5 Å². The summed E-state index contributed by atoms with van der Waals surface area (Å²) in [6.07, 6.45) is 0. The molecule has 0 spiro atoms. The Balaban J connectivity index is 2.90. The van der Waals surface area contributed by atoms with Crippen LogP contribution in [0.4, 0.5) is 0 Å². The molecule has 0 aromatic heterocycles. The second kappa shape index (κ2) is 3.77. The molecule has 0 aliphatic carbocycles. The minimum atomic E-state index is 0.690. The van der Waals surface area contributed by atoms with Crippen LogP contribution in [0.5, 0.6) is 5.75 Å². The number of halogens is 1. The lowest BCUT2D eigenvalue weighted by Gasteiger charge is -2.05. The van der Waals surface area contributed by atoms with Crippen molar-refractivity contribution in [2.24, 2.45) is 0 Å². The lowest BCUT2D eigenvalue weighted by Crippen LogP contribution is -1.91. The lowest BCUT2D eigenvalue weighted by molar-refractivity contribution is 0.338. The molecule has 0 aliphatic heterocycles. The number of benzene rings is 1. The molecule has 0 atom stereocenters. The highest BCUT2D eigenvalue weighted by atomic mass is 79.9. The van der Waals surface area contributed by atoms with Gasteiger partial charge in [0.25, 0.3) is 0 Å². The van der Waals surface area contributed by atoms with Crippen molar-refractivity contribution < 1.29 is 4.74 Å². The average molecular weight is 214 g/mol. The predicted molar refractivity (Wildman–Crippen MR) is 49.8 cm³/mol. The van der Waals surface area contributed by atoms with Gasteiger partial charge in [0.15, 0.2) is 0 Å². The third-order valence-electron chi connectivity index (χ3n) is 1.30. The van der Waals surface area contributed by atoms with Crippen LogP contribution in [-0.2, 0) is 0 Å². The van der Waals surface area contributed by atoms with Gasteiger partial charge in [-0.25, -0.2) is 0 Å². The van der Waals surface area contributed by atoms with E-state index in [0.717, 1.165) is 15.8 Å². The molecule has 59 valence electrons. The second-order valence-corrected chi connectivity index (χ2v) is 3.05. The molecule has 1 aromatic carbocycles. The number of rotatable bonds is 2. The highest BCUT2D eigenvalue weighted by Gasteiger charge is 1.98. The maximum Gasteiger partial charge on any atom is 0.133 e. The van der Waals surface area contributed by atoms with Gasteiger partial charge < -0.3 is 4.74 Å². The van der Waals surface area contributed by atoms with E-state index in [1.54, 1.807) is 0 Å². The molecule has 0 bridgehead atoms. The zero-order valence-corrected chi connectivity index (χ0v) is 8.02. The smallest absolute Gasteiger partial charge is 0.133 e. The first-order valence-electron chi connectivity index (χ1n) is 3.48. The van der Waals surface area contributed by atoms with Gasteiger partial charge in [0.1, 0.15) is 5.75 Å². The van der Waals surface area contributed by atoms with Crippen molar-refractivity contribution in [3.8, 4) is 5.75 Å². The molecule has 0 unspecified atom stereocenters. The van der Waals surface area contributed by atoms with Gasteiger partial charge in [0.2, 0.25) is 0 Å². The molecule has 2 heteroatoms. The summed E-state index contributed by atoms with van der Waals surface area (Å²) in [4.78, 5) is 0. The third-order valence-corrected chi connectivity index (χ3v) is 1.92. The molecule has 11 heavy (non-hydrogen) atoms. The van der Waals surface area contributed by atoms with Gasteiger partial charge in [-0.3, -0.25) is 0 Å². The van der Waals surface area contributed by atoms with Crippen molar-refractivity contribution in [3.05, 3.63) is 35.2 Å². The number of hydrogen-bond acceptors (Lipinski definition) is 1. The molecule has 0 saturated heterocycles. The first-order valence-corrected chi connectivity index (χ1v) is 4.27. The monoisotopic (exact) mass is 213 g/mol. The fourth-order valence-electron chi connectivity index (χ4n) is 0.817. The Morgan fingerprint density at radius 2 is 2.27 bits per heavy atom. The predicted octanol–water partition coefficient (Wildman–Crippen LogP) is 3.03. The van der Waals surface area contributed by atoms with Gasteiger partial charge in [0, 0.05) is 0 Å².